The molecule has 11 unspecified atom stereocenters. The molecule has 4 aliphatic carbocycles. The number of ether oxygens (including phenoxy) is 4. The van der Waals surface area contributed by atoms with E-state index >= 15 is 0 Å². The van der Waals surface area contributed by atoms with Crippen molar-refractivity contribution in [2.75, 3.05) is 7.11 Å². The van der Waals surface area contributed by atoms with Gasteiger partial charge >= 0.3 is 17.9 Å². The van der Waals surface area contributed by atoms with E-state index in [1.807, 2.05) is 0 Å². The molecule has 0 aromatic heterocycles. The third-order valence-electron chi connectivity index (χ3n) is 11.8. The van der Waals surface area contributed by atoms with Gasteiger partial charge in [0.05, 0.1) is 12.9 Å². The van der Waals surface area contributed by atoms with Gasteiger partial charge in [-0.3, -0.25) is 19.2 Å². The van der Waals surface area contributed by atoms with Crippen molar-refractivity contribution in [1.29, 1.82) is 0 Å². The molecule has 8 heteroatoms. The standard InChI is InChI=1S/C34H52O8/c1-19(9-12-29(38)39-8)25-10-11-26-30-27(14-16-33(25,26)6)34(7)15-13-24(41-22(4)36)18-28(34)31(32(30)42-23(5)37)40-21(3)17-20(2)35/h17,19,24-28,30-32H,9-16,18H2,1-8H3. The van der Waals surface area contributed by atoms with Gasteiger partial charge in [0.1, 0.15) is 18.3 Å². The Bertz CT molecular complexity index is 1080. The van der Waals surface area contributed by atoms with E-state index in [1.165, 1.54) is 34.0 Å². The number of fused-ring (bicyclic) bond motifs is 5. The minimum absolute atomic E-state index is 0.00274. The molecular weight excluding hydrogens is 536 g/mol. The van der Waals surface area contributed by atoms with Gasteiger partial charge in [-0.2, -0.15) is 0 Å². The summed E-state index contributed by atoms with van der Waals surface area (Å²) in [6.07, 6.45) is 8.23. The molecule has 0 saturated heterocycles. The Balaban J connectivity index is 1.73. The molecule has 0 heterocycles. The first-order chi connectivity index (χ1) is 19.7. The predicted octanol–water partition coefficient (Wildman–Crippen LogP) is 6.20. The maximum atomic E-state index is 12.7. The van der Waals surface area contributed by atoms with Crippen molar-refractivity contribution in [3.8, 4) is 0 Å². The Morgan fingerprint density at radius 2 is 1.45 bits per heavy atom. The van der Waals surface area contributed by atoms with E-state index in [9.17, 15) is 19.2 Å². The lowest BCUT2D eigenvalue weighted by atomic mass is 9.43. The van der Waals surface area contributed by atoms with Crippen LogP contribution in [0.4, 0.5) is 0 Å². The molecule has 0 aromatic carbocycles. The monoisotopic (exact) mass is 588 g/mol. The minimum Gasteiger partial charge on any atom is -0.491 e. The van der Waals surface area contributed by atoms with Crippen LogP contribution < -0.4 is 0 Å². The first-order valence-corrected chi connectivity index (χ1v) is 16.0. The van der Waals surface area contributed by atoms with E-state index in [4.69, 9.17) is 18.9 Å². The number of methoxy groups -OCH3 is 1. The van der Waals surface area contributed by atoms with Crippen molar-refractivity contribution in [3.63, 3.8) is 0 Å². The highest BCUT2D eigenvalue weighted by molar-refractivity contribution is 5.87. The highest BCUT2D eigenvalue weighted by atomic mass is 16.6. The third-order valence-corrected chi connectivity index (χ3v) is 11.8. The number of carbonyl (C=O) groups excluding carboxylic acids is 4. The Morgan fingerprint density at radius 1 is 0.810 bits per heavy atom. The number of esters is 3. The highest BCUT2D eigenvalue weighted by Gasteiger charge is 2.67. The lowest BCUT2D eigenvalue weighted by Gasteiger charge is -2.64. The number of hydrogen-bond donors (Lipinski definition) is 0. The van der Waals surface area contributed by atoms with Crippen LogP contribution in [0.2, 0.25) is 0 Å². The zero-order valence-electron chi connectivity index (χ0n) is 26.9. The molecule has 42 heavy (non-hydrogen) atoms. The third kappa shape index (κ3) is 6.28. The van der Waals surface area contributed by atoms with E-state index in [2.05, 4.69) is 20.8 Å². The Labute approximate surface area is 251 Å². The van der Waals surface area contributed by atoms with Crippen LogP contribution in [0.3, 0.4) is 0 Å². The van der Waals surface area contributed by atoms with Crippen molar-refractivity contribution >= 4 is 23.7 Å². The molecule has 0 aliphatic heterocycles. The van der Waals surface area contributed by atoms with E-state index in [0.29, 0.717) is 42.3 Å². The zero-order valence-corrected chi connectivity index (χ0v) is 26.9. The van der Waals surface area contributed by atoms with Gasteiger partial charge in [-0.25, -0.2) is 0 Å². The molecule has 0 spiro atoms. The van der Waals surface area contributed by atoms with Crippen LogP contribution in [0.25, 0.3) is 0 Å². The summed E-state index contributed by atoms with van der Waals surface area (Å²) in [5.41, 5.74) is -0.0306. The first kappa shape index (κ1) is 32.5. The summed E-state index contributed by atoms with van der Waals surface area (Å²) in [6.45, 7) is 13.3. The summed E-state index contributed by atoms with van der Waals surface area (Å²) >= 11 is 0. The van der Waals surface area contributed by atoms with Crippen LogP contribution in [0.15, 0.2) is 11.8 Å². The van der Waals surface area contributed by atoms with Crippen molar-refractivity contribution in [1.82, 2.24) is 0 Å². The molecule has 4 aliphatic rings. The van der Waals surface area contributed by atoms with Gasteiger partial charge < -0.3 is 18.9 Å². The maximum absolute atomic E-state index is 12.7. The van der Waals surface area contributed by atoms with Crippen LogP contribution in [0, 0.1) is 46.3 Å². The lowest BCUT2D eigenvalue weighted by Crippen LogP contribution is -2.65. The van der Waals surface area contributed by atoms with Crippen LogP contribution in [-0.2, 0) is 38.1 Å². The topological polar surface area (TPSA) is 105 Å². The van der Waals surface area contributed by atoms with E-state index in [-0.39, 0.29) is 52.5 Å². The van der Waals surface area contributed by atoms with Gasteiger partial charge in [0, 0.05) is 38.2 Å². The van der Waals surface area contributed by atoms with Gasteiger partial charge in [-0.15, -0.1) is 0 Å². The molecule has 11 atom stereocenters. The van der Waals surface area contributed by atoms with Gasteiger partial charge in [0.2, 0.25) is 0 Å². The fourth-order valence-corrected chi connectivity index (χ4v) is 10.2. The average molecular weight is 589 g/mol. The molecule has 236 valence electrons. The number of allylic oxidation sites excluding steroid dienone is 2. The lowest BCUT2D eigenvalue weighted by molar-refractivity contribution is -0.238. The number of carbonyl (C=O) groups is 4. The number of ketones is 1. The van der Waals surface area contributed by atoms with Crippen molar-refractivity contribution in [2.24, 2.45) is 46.3 Å². The molecule has 0 N–H and O–H groups in total. The normalized spacial score (nSPS) is 40.0. The molecule has 0 radical (unpaired) electrons. The summed E-state index contributed by atoms with van der Waals surface area (Å²) in [4.78, 5) is 48.5. The smallest absolute Gasteiger partial charge is 0.305 e. The van der Waals surface area contributed by atoms with Crippen LogP contribution >= 0.6 is 0 Å². The van der Waals surface area contributed by atoms with E-state index in [1.54, 1.807) is 6.92 Å². The summed E-state index contributed by atoms with van der Waals surface area (Å²) < 4.78 is 23.6. The highest BCUT2D eigenvalue weighted by Crippen LogP contribution is 2.69. The molecule has 0 amide bonds. The summed E-state index contributed by atoms with van der Waals surface area (Å²) in [6, 6.07) is 0. The minimum atomic E-state index is -0.467. The molecule has 0 bridgehead atoms. The SMILES string of the molecule is COC(=O)CCC(C)C1CCC2C3C(OC(C)=O)C(OC(C)=CC(C)=O)C4CC(OC(C)=O)CCC4(C)C3CCC12C. The molecule has 4 fully saturated rings. The van der Waals surface area contributed by atoms with Gasteiger partial charge in [0.25, 0.3) is 0 Å². The van der Waals surface area contributed by atoms with Crippen LogP contribution in [0.5, 0.6) is 0 Å². The number of hydrogen-bond acceptors (Lipinski definition) is 8. The molecule has 0 aromatic rings. The first-order valence-electron chi connectivity index (χ1n) is 16.0. The second kappa shape index (κ2) is 12.7. The second-order valence-electron chi connectivity index (χ2n) is 14.3. The molecule has 4 rings (SSSR count). The Hall–Kier alpha value is -2.38. The van der Waals surface area contributed by atoms with Gasteiger partial charge in [-0.05, 0) is 99.7 Å². The fraction of sp³-hybridized carbons (Fsp3) is 0.824. The Morgan fingerprint density at radius 3 is 2.07 bits per heavy atom. The van der Waals surface area contributed by atoms with E-state index in [0.717, 1.165) is 44.9 Å². The summed E-state index contributed by atoms with van der Waals surface area (Å²) in [5.74, 6) is 1.28. The summed E-state index contributed by atoms with van der Waals surface area (Å²) in [7, 11) is 1.44. The maximum Gasteiger partial charge on any atom is 0.305 e. The molecular formula is C34H52O8. The van der Waals surface area contributed by atoms with Crippen molar-refractivity contribution < 1.29 is 38.1 Å². The van der Waals surface area contributed by atoms with Crippen molar-refractivity contribution in [3.05, 3.63) is 11.8 Å². The average Bonchev–Trinajstić information content (AvgIpc) is 3.25. The zero-order chi connectivity index (χ0) is 31.0. The van der Waals surface area contributed by atoms with Crippen LogP contribution in [-0.4, -0.2) is 49.1 Å². The Kier molecular flexibility index (Phi) is 9.83. The number of rotatable bonds is 9. The second-order valence-corrected chi connectivity index (χ2v) is 14.3. The van der Waals surface area contributed by atoms with E-state index < -0.39 is 12.2 Å². The predicted molar refractivity (Wildman–Crippen MR) is 157 cm³/mol. The molecule has 4 saturated carbocycles. The summed E-state index contributed by atoms with van der Waals surface area (Å²) in [5, 5.41) is 0. The van der Waals surface area contributed by atoms with Gasteiger partial charge in [-0.1, -0.05) is 20.8 Å². The van der Waals surface area contributed by atoms with Gasteiger partial charge in [0.15, 0.2) is 5.78 Å². The molecule has 8 nitrogen and oxygen atoms in total. The largest absolute Gasteiger partial charge is 0.491 e. The van der Waals surface area contributed by atoms with Crippen molar-refractivity contribution in [2.45, 2.75) is 125 Å². The quantitative estimate of drug-likeness (QED) is 0.136. The van der Waals surface area contributed by atoms with Crippen LogP contribution in [0.1, 0.15) is 106 Å². The fourth-order valence-electron chi connectivity index (χ4n) is 10.2.